The summed E-state index contributed by atoms with van der Waals surface area (Å²) >= 11 is 3.43. The SMILES string of the molecule is Cc1nn(-c2ccc(C(=N)N)c(Br)c2)c(C)c1C. The van der Waals surface area contributed by atoms with Crippen LogP contribution in [0.3, 0.4) is 0 Å². The molecular formula is C13H15BrN4. The van der Waals surface area contributed by atoms with E-state index in [1.54, 1.807) is 0 Å². The van der Waals surface area contributed by atoms with Crippen molar-refractivity contribution in [2.45, 2.75) is 20.8 Å². The molecule has 0 unspecified atom stereocenters. The minimum atomic E-state index is 0.0537. The molecule has 0 aliphatic carbocycles. The van der Waals surface area contributed by atoms with Gasteiger partial charge in [-0.25, -0.2) is 4.68 Å². The molecule has 0 saturated heterocycles. The Morgan fingerprint density at radius 2 is 2.00 bits per heavy atom. The fourth-order valence-electron chi connectivity index (χ4n) is 1.83. The first-order valence-corrected chi connectivity index (χ1v) is 6.38. The van der Waals surface area contributed by atoms with Crippen molar-refractivity contribution in [3.05, 3.63) is 45.2 Å². The molecule has 1 aromatic heterocycles. The quantitative estimate of drug-likeness (QED) is 0.662. The summed E-state index contributed by atoms with van der Waals surface area (Å²) in [6.07, 6.45) is 0. The molecule has 0 radical (unpaired) electrons. The monoisotopic (exact) mass is 306 g/mol. The zero-order valence-electron chi connectivity index (χ0n) is 10.6. The van der Waals surface area contributed by atoms with E-state index < -0.39 is 0 Å². The van der Waals surface area contributed by atoms with Crippen molar-refractivity contribution in [1.82, 2.24) is 9.78 Å². The standard InChI is InChI=1S/C13H15BrN4/c1-7-8(2)17-18(9(7)3)10-4-5-11(13(15)16)12(14)6-10/h4-6H,1-3H3,(H3,15,16). The van der Waals surface area contributed by atoms with Crippen molar-refractivity contribution in [2.24, 2.45) is 5.73 Å². The summed E-state index contributed by atoms with van der Waals surface area (Å²) in [5.74, 6) is 0.0537. The third kappa shape index (κ3) is 2.06. The maximum atomic E-state index is 7.46. The summed E-state index contributed by atoms with van der Waals surface area (Å²) in [5, 5.41) is 12.0. The highest BCUT2D eigenvalue weighted by Gasteiger charge is 2.11. The van der Waals surface area contributed by atoms with Crippen molar-refractivity contribution >= 4 is 21.8 Å². The van der Waals surface area contributed by atoms with Gasteiger partial charge in [0.05, 0.1) is 11.4 Å². The predicted molar refractivity (Wildman–Crippen MR) is 76.5 cm³/mol. The van der Waals surface area contributed by atoms with Crippen LogP contribution in [0.4, 0.5) is 0 Å². The maximum Gasteiger partial charge on any atom is 0.123 e. The van der Waals surface area contributed by atoms with Gasteiger partial charge in [-0.3, -0.25) is 5.41 Å². The normalized spacial score (nSPS) is 10.7. The van der Waals surface area contributed by atoms with E-state index >= 15 is 0 Å². The number of nitrogens with two attached hydrogens (primary N) is 1. The van der Waals surface area contributed by atoms with Crippen LogP contribution in [-0.4, -0.2) is 15.6 Å². The van der Waals surface area contributed by atoms with Gasteiger partial charge in [0.1, 0.15) is 5.84 Å². The van der Waals surface area contributed by atoms with Crippen LogP contribution in [-0.2, 0) is 0 Å². The Bertz CT molecular complexity index is 628. The minimum Gasteiger partial charge on any atom is -0.384 e. The van der Waals surface area contributed by atoms with E-state index in [0.29, 0.717) is 5.56 Å². The lowest BCUT2D eigenvalue weighted by Gasteiger charge is -2.08. The number of nitrogen functional groups attached to an aromatic ring is 1. The van der Waals surface area contributed by atoms with E-state index in [2.05, 4.69) is 28.0 Å². The lowest BCUT2D eigenvalue weighted by molar-refractivity contribution is 0.832. The molecule has 1 aromatic carbocycles. The fraction of sp³-hybridized carbons (Fsp3) is 0.231. The molecule has 2 rings (SSSR count). The third-order valence-electron chi connectivity index (χ3n) is 3.14. The second kappa shape index (κ2) is 4.57. The number of halogens is 1. The molecule has 4 nitrogen and oxygen atoms in total. The van der Waals surface area contributed by atoms with Crippen LogP contribution in [0.15, 0.2) is 22.7 Å². The number of hydrogen-bond donors (Lipinski definition) is 2. The van der Waals surface area contributed by atoms with E-state index in [0.717, 1.165) is 21.5 Å². The van der Waals surface area contributed by atoms with Gasteiger partial charge >= 0.3 is 0 Å². The smallest absolute Gasteiger partial charge is 0.123 e. The van der Waals surface area contributed by atoms with Crippen molar-refractivity contribution < 1.29 is 0 Å². The van der Waals surface area contributed by atoms with Gasteiger partial charge in [-0.05, 0) is 60.5 Å². The Hall–Kier alpha value is -1.62. The first kappa shape index (κ1) is 12.8. The molecule has 94 valence electrons. The second-order valence-electron chi connectivity index (χ2n) is 4.29. The highest BCUT2D eigenvalue weighted by atomic mass is 79.9. The molecule has 18 heavy (non-hydrogen) atoms. The van der Waals surface area contributed by atoms with Gasteiger partial charge in [0.2, 0.25) is 0 Å². The van der Waals surface area contributed by atoms with Crippen molar-refractivity contribution in [2.75, 3.05) is 0 Å². The highest BCUT2D eigenvalue weighted by molar-refractivity contribution is 9.10. The Labute approximate surface area is 114 Å². The van der Waals surface area contributed by atoms with E-state index in [-0.39, 0.29) is 5.84 Å². The largest absolute Gasteiger partial charge is 0.384 e. The molecule has 1 heterocycles. The molecular weight excluding hydrogens is 292 g/mol. The summed E-state index contributed by atoms with van der Waals surface area (Å²) < 4.78 is 2.71. The molecule has 0 aliphatic heterocycles. The van der Waals surface area contributed by atoms with Crippen LogP contribution >= 0.6 is 15.9 Å². The van der Waals surface area contributed by atoms with Gasteiger partial charge in [-0.1, -0.05) is 0 Å². The lowest BCUT2D eigenvalue weighted by atomic mass is 10.2. The van der Waals surface area contributed by atoms with Gasteiger partial charge in [-0.15, -0.1) is 0 Å². The molecule has 0 fully saturated rings. The number of rotatable bonds is 2. The van der Waals surface area contributed by atoms with Crippen molar-refractivity contribution in [3.8, 4) is 5.69 Å². The van der Waals surface area contributed by atoms with E-state index in [1.807, 2.05) is 36.7 Å². The molecule has 0 atom stereocenters. The Morgan fingerprint density at radius 1 is 1.33 bits per heavy atom. The van der Waals surface area contributed by atoms with Crippen LogP contribution in [0.1, 0.15) is 22.5 Å². The Morgan fingerprint density at radius 3 is 2.44 bits per heavy atom. The summed E-state index contributed by atoms with van der Waals surface area (Å²) in [6.45, 7) is 6.10. The second-order valence-corrected chi connectivity index (χ2v) is 5.14. The first-order chi connectivity index (χ1) is 8.41. The van der Waals surface area contributed by atoms with Crippen LogP contribution in [0.2, 0.25) is 0 Å². The molecule has 0 spiro atoms. The highest BCUT2D eigenvalue weighted by Crippen LogP contribution is 2.23. The third-order valence-corrected chi connectivity index (χ3v) is 3.80. The molecule has 0 saturated carbocycles. The van der Waals surface area contributed by atoms with Gasteiger partial charge in [-0.2, -0.15) is 5.10 Å². The van der Waals surface area contributed by atoms with Gasteiger partial charge < -0.3 is 5.73 Å². The molecule has 0 aliphatic rings. The minimum absolute atomic E-state index is 0.0537. The molecule has 3 N–H and O–H groups in total. The number of aryl methyl sites for hydroxylation is 1. The molecule has 0 bridgehead atoms. The lowest BCUT2D eigenvalue weighted by Crippen LogP contribution is -2.12. The van der Waals surface area contributed by atoms with Crippen molar-refractivity contribution in [3.63, 3.8) is 0 Å². The van der Waals surface area contributed by atoms with Crippen molar-refractivity contribution in [1.29, 1.82) is 5.41 Å². The van der Waals surface area contributed by atoms with Crippen LogP contribution in [0.5, 0.6) is 0 Å². The maximum absolute atomic E-state index is 7.46. The molecule has 2 aromatic rings. The number of nitrogens with zero attached hydrogens (tertiary/aromatic N) is 2. The summed E-state index contributed by atoms with van der Waals surface area (Å²) in [7, 11) is 0. The van der Waals surface area contributed by atoms with Crippen LogP contribution in [0.25, 0.3) is 5.69 Å². The average molecular weight is 307 g/mol. The van der Waals surface area contributed by atoms with Gasteiger partial charge in [0.25, 0.3) is 0 Å². The zero-order valence-corrected chi connectivity index (χ0v) is 12.2. The van der Waals surface area contributed by atoms with Gasteiger partial charge in [0.15, 0.2) is 0 Å². The zero-order chi connectivity index (χ0) is 13.4. The number of nitrogens with one attached hydrogen (secondary N) is 1. The van der Waals surface area contributed by atoms with E-state index in [9.17, 15) is 0 Å². The summed E-state index contributed by atoms with van der Waals surface area (Å²) in [6, 6.07) is 5.67. The van der Waals surface area contributed by atoms with Crippen LogP contribution < -0.4 is 5.73 Å². The van der Waals surface area contributed by atoms with E-state index in [4.69, 9.17) is 11.1 Å². The first-order valence-electron chi connectivity index (χ1n) is 5.59. The Kier molecular flexibility index (Phi) is 3.26. The number of amidine groups is 1. The number of benzene rings is 1. The van der Waals surface area contributed by atoms with Crippen LogP contribution in [0, 0.1) is 26.2 Å². The topological polar surface area (TPSA) is 67.7 Å². The van der Waals surface area contributed by atoms with Gasteiger partial charge in [0, 0.05) is 15.7 Å². The number of hydrogen-bond acceptors (Lipinski definition) is 2. The predicted octanol–water partition coefficient (Wildman–Crippen LogP) is 2.84. The fourth-order valence-corrected chi connectivity index (χ4v) is 2.41. The summed E-state index contributed by atoms with van der Waals surface area (Å²) in [5.41, 5.74) is 10.5. The number of aromatic nitrogens is 2. The van der Waals surface area contributed by atoms with E-state index in [1.165, 1.54) is 5.56 Å². The Balaban J connectivity index is 2.55. The average Bonchev–Trinajstić information content (AvgIpc) is 2.56. The molecule has 0 amide bonds. The summed E-state index contributed by atoms with van der Waals surface area (Å²) in [4.78, 5) is 0. The molecule has 5 heteroatoms.